The quantitative estimate of drug-likeness (QED) is 0.253. The molecule has 0 unspecified atom stereocenters. The van der Waals surface area contributed by atoms with Gasteiger partial charge in [-0.05, 0) is 30.3 Å². The van der Waals surface area contributed by atoms with Crippen molar-refractivity contribution in [3.63, 3.8) is 0 Å². The van der Waals surface area contributed by atoms with Crippen LogP contribution in [0.15, 0.2) is 41.3 Å². The van der Waals surface area contributed by atoms with Crippen LogP contribution in [0.1, 0.15) is 21.5 Å². The topological polar surface area (TPSA) is 212 Å². The van der Waals surface area contributed by atoms with Gasteiger partial charge in [-0.25, -0.2) is 13.2 Å². The van der Waals surface area contributed by atoms with Crippen LogP contribution in [0.2, 0.25) is 0 Å². The summed E-state index contributed by atoms with van der Waals surface area (Å²) in [6, 6.07) is 8.15. The van der Waals surface area contributed by atoms with E-state index in [4.69, 9.17) is 20.9 Å². The van der Waals surface area contributed by atoms with E-state index in [-0.39, 0.29) is 40.4 Å². The van der Waals surface area contributed by atoms with Crippen LogP contribution in [-0.2, 0) is 14.8 Å². The predicted octanol–water partition coefficient (Wildman–Crippen LogP) is -0.0561. The zero-order valence-corrected chi connectivity index (χ0v) is 17.8. The van der Waals surface area contributed by atoms with Crippen molar-refractivity contribution in [2.24, 2.45) is 0 Å². The number of anilines is 1. The number of sulfonamides is 1. The number of rotatable bonds is 10. The van der Waals surface area contributed by atoms with Crippen LogP contribution in [0.4, 0.5) is 5.69 Å². The van der Waals surface area contributed by atoms with Gasteiger partial charge in [0.15, 0.2) is 0 Å². The second-order valence-corrected chi connectivity index (χ2v) is 8.47. The second kappa shape index (κ2) is 10.7. The molecule has 2 rings (SSSR count). The summed E-state index contributed by atoms with van der Waals surface area (Å²) in [7, 11) is -4.19. The Labute approximate surface area is 188 Å². The van der Waals surface area contributed by atoms with Crippen molar-refractivity contribution in [2.75, 3.05) is 31.6 Å². The van der Waals surface area contributed by atoms with E-state index in [0.717, 1.165) is 28.6 Å². The Hall–Kier alpha value is -3.83. The van der Waals surface area contributed by atoms with Gasteiger partial charge < -0.3 is 25.7 Å². The molecule has 0 bridgehead atoms. The maximum Gasteiger partial charge on any atom is 0.337 e. The number of carboxylic acids is 1. The number of amides is 1. The number of carboxylic acid groups (broad SMARTS) is 1. The minimum atomic E-state index is -4.19. The molecule has 2 aromatic carbocycles. The molecule has 13 heteroatoms. The molecule has 12 nitrogen and oxygen atoms in total. The molecule has 0 atom stereocenters. The first kappa shape index (κ1) is 25.4. The SMILES string of the molecule is N#Cc1ccc(NC(=O)C(=N)c2ccc(S(=O)(=O)N(CCO)CCO)cc2O)c(C(=O)O)c1. The second-order valence-electron chi connectivity index (χ2n) is 6.54. The van der Waals surface area contributed by atoms with Gasteiger partial charge in [-0.15, -0.1) is 0 Å². The van der Waals surface area contributed by atoms with Gasteiger partial charge in [0.05, 0.1) is 41.0 Å². The average Bonchev–Trinajstić information content (AvgIpc) is 2.78. The lowest BCUT2D eigenvalue weighted by atomic mass is 10.1. The number of hydrogen-bond donors (Lipinski definition) is 6. The Kier molecular flexibility index (Phi) is 8.21. The molecule has 0 fully saturated rings. The number of aromatic hydroxyl groups is 1. The third-order valence-corrected chi connectivity index (χ3v) is 6.32. The van der Waals surface area contributed by atoms with Crippen LogP contribution < -0.4 is 5.32 Å². The van der Waals surface area contributed by atoms with Gasteiger partial charge in [0.2, 0.25) is 10.0 Å². The van der Waals surface area contributed by atoms with Crippen LogP contribution in [0.3, 0.4) is 0 Å². The molecule has 0 radical (unpaired) electrons. The van der Waals surface area contributed by atoms with Crippen molar-refractivity contribution in [3.8, 4) is 11.8 Å². The number of benzene rings is 2. The molecule has 0 heterocycles. The molecule has 0 spiro atoms. The average molecular weight is 476 g/mol. The summed E-state index contributed by atoms with van der Waals surface area (Å²) in [5, 5.41) is 56.8. The van der Waals surface area contributed by atoms with E-state index < -0.39 is 46.6 Å². The van der Waals surface area contributed by atoms with E-state index in [9.17, 15) is 28.2 Å². The zero-order valence-electron chi connectivity index (χ0n) is 17.0. The number of phenolic OH excluding ortho intramolecular Hbond substituents is 1. The number of aromatic carboxylic acids is 1. The monoisotopic (exact) mass is 476 g/mol. The molecule has 0 saturated heterocycles. The molecule has 2 aromatic rings. The lowest BCUT2D eigenvalue weighted by Crippen LogP contribution is -2.35. The Morgan fingerprint density at radius 3 is 2.21 bits per heavy atom. The molecule has 174 valence electrons. The highest BCUT2D eigenvalue weighted by Crippen LogP contribution is 2.25. The summed E-state index contributed by atoms with van der Waals surface area (Å²) in [5.74, 6) is -3.21. The number of phenols is 1. The summed E-state index contributed by atoms with van der Waals surface area (Å²) in [6.07, 6.45) is 0. The minimum Gasteiger partial charge on any atom is -0.507 e. The standard InChI is InChI=1S/C20H20N4O8S/c21-11-12-1-4-16(15(9-12)20(29)30)23-19(28)18(22)14-3-2-13(10-17(14)27)33(31,32)24(5-7-25)6-8-26/h1-4,9-10,22,25-27H,5-8H2,(H,23,28)(H,29,30). The zero-order chi connectivity index (χ0) is 24.8. The fourth-order valence-corrected chi connectivity index (χ4v) is 4.26. The number of hydrogen-bond acceptors (Lipinski definition) is 9. The molecule has 0 saturated carbocycles. The first-order valence-electron chi connectivity index (χ1n) is 9.29. The Morgan fingerprint density at radius 1 is 1.06 bits per heavy atom. The van der Waals surface area contributed by atoms with Gasteiger partial charge >= 0.3 is 5.97 Å². The van der Waals surface area contributed by atoms with Crippen LogP contribution in [-0.4, -0.2) is 77.0 Å². The lowest BCUT2D eigenvalue weighted by Gasteiger charge is -2.20. The van der Waals surface area contributed by atoms with Gasteiger partial charge in [0.1, 0.15) is 11.5 Å². The summed E-state index contributed by atoms with van der Waals surface area (Å²) >= 11 is 0. The maximum absolute atomic E-state index is 12.7. The third-order valence-electron chi connectivity index (χ3n) is 4.43. The number of carbonyl (C=O) groups is 2. The number of nitrogens with one attached hydrogen (secondary N) is 2. The molecule has 1 amide bonds. The van der Waals surface area contributed by atoms with Crippen LogP contribution in [0.25, 0.3) is 0 Å². The van der Waals surface area contributed by atoms with E-state index in [1.165, 1.54) is 12.1 Å². The molecule has 0 aliphatic rings. The number of carbonyl (C=O) groups excluding carboxylic acids is 1. The highest BCUT2D eigenvalue weighted by molar-refractivity contribution is 7.89. The van der Waals surface area contributed by atoms with Crippen LogP contribution >= 0.6 is 0 Å². The van der Waals surface area contributed by atoms with E-state index in [2.05, 4.69) is 5.32 Å². The molecule has 6 N–H and O–H groups in total. The summed E-state index contributed by atoms with van der Waals surface area (Å²) in [5.41, 5.74) is -1.62. The van der Waals surface area contributed by atoms with Crippen molar-refractivity contribution in [1.82, 2.24) is 4.31 Å². The van der Waals surface area contributed by atoms with Crippen molar-refractivity contribution in [1.29, 1.82) is 10.7 Å². The van der Waals surface area contributed by atoms with Gasteiger partial charge in [-0.3, -0.25) is 10.2 Å². The van der Waals surface area contributed by atoms with E-state index >= 15 is 0 Å². The summed E-state index contributed by atoms with van der Waals surface area (Å²) in [6.45, 7) is -1.58. The molecule has 0 aliphatic heterocycles. The maximum atomic E-state index is 12.7. The minimum absolute atomic E-state index is 0.0476. The highest BCUT2D eigenvalue weighted by Gasteiger charge is 2.26. The van der Waals surface area contributed by atoms with Crippen LogP contribution in [0.5, 0.6) is 5.75 Å². The normalized spacial score (nSPS) is 11.1. The van der Waals surface area contributed by atoms with E-state index in [1.807, 2.05) is 0 Å². The Bertz CT molecular complexity index is 1230. The summed E-state index contributed by atoms with van der Waals surface area (Å²) in [4.78, 5) is 23.5. The number of nitriles is 1. The van der Waals surface area contributed by atoms with Gasteiger partial charge in [-0.1, -0.05) is 0 Å². The van der Waals surface area contributed by atoms with E-state index in [0.29, 0.717) is 0 Å². The molecular weight excluding hydrogens is 456 g/mol. The smallest absolute Gasteiger partial charge is 0.337 e. The van der Waals surface area contributed by atoms with Gasteiger partial charge in [0, 0.05) is 24.7 Å². The fourth-order valence-electron chi connectivity index (χ4n) is 2.81. The Balaban J connectivity index is 2.32. The van der Waals surface area contributed by atoms with Gasteiger partial charge in [0.25, 0.3) is 5.91 Å². The molecule has 0 aromatic heterocycles. The number of aliphatic hydroxyl groups excluding tert-OH is 2. The van der Waals surface area contributed by atoms with E-state index in [1.54, 1.807) is 6.07 Å². The molecule has 33 heavy (non-hydrogen) atoms. The Morgan fingerprint density at radius 2 is 1.70 bits per heavy atom. The number of nitrogens with zero attached hydrogens (tertiary/aromatic N) is 2. The van der Waals surface area contributed by atoms with Crippen molar-refractivity contribution in [2.45, 2.75) is 4.90 Å². The highest BCUT2D eigenvalue weighted by atomic mass is 32.2. The van der Waals surface area contributed by atoms with Crippen molar-refractivity contribution in [3.05, 3.63) is 53.1 Å². The van der Waals surface area contributed by atoms with Crippen molar-refractivity contribution >= 4 is 33.3 Å². The largest absolute Gasteiger partial charge is 0.507 e. The van der Waals surface area contributed by atoms with Crippen molar-refractivity contribution < 1.29 is 38.4 Å². The first-order chi connectivity index (χ1) is 15.6. The lowest BCUT2D eigenvalue weighted by molar-refractivity contribution is -0.110. The first-order valence-corrected chi connectivity index (χ1v) is 10.7. The predicted molar refractivity (Wildman–Crippen MR) is 115 cm³/mol. The molecular formula is C20H20N4O8S. The third kappa shape index (κ3) is 5.70. The summed E-state index contributed by atoms with van der Waals surface area (Å²) < 4.78 is 26.1. The fraction of sp³-hybridized carbons (Fsp3) is 0.200. The van der Waals surface area contributed by atoms with Gasteiger partial charge in [-0.2, -0.15) is 9.57 Å². The van der Waals surface area contributed by atoms with Crippen LogP contribution in [0, 0.1) is 16.7 Å². The molecule has 0 aliphatic carbocycles. The number of aliphatic hydroxyl groups is 2.